The number of fused-ring (bicyclic) bond motifs is 10. The molecule has 0 bridgehead atoms. The van der Waals surface area contributed by atoms with Crippen LogP contribution in [0.2, 0.25) is 0 Å². The van der Waals surface area contributed by atoms with Gasteiger partial charge in [0.2, 0.25) is 0 Å². The van der Waals surface area contributed by atoms with E-state index in [0.29, 0.717) is 0 Å². The van der Waals surface area contributed by atoms with E-state index in [1.54, 1.807) is 0 Å². The third-order valence-electron chi connectivity index (χ3n) is 11.5. The van der Waals surface area contributed by atoms with Crippen LogP contribution in [0.5, 0.6) is 0 Å². The predicted molar refractivity (Wildman–Crippen MR) is 240 cm³/mol. The molecule has 1 N–H and O–H groups in total. The van der Waals surface area contributed by atoms with Crippen molar-refractivity contribution in [1.82, 2.24) is 0 Å². The second kappa shape index (κ2) is 14.2. The predicted octanol–water partition coefficient (Wildman–Crippen LogP) is 13.9. The Kier molecular flexibility index (Phi) is 8.65. The highest BCUT2D eigenvalue weighted by Crippen LogP contribution is 2.66. The van der Waals surface area contributed by atoms with Crippen molar-refractivity contribution >= 4 is 63.5 Å². The highest BCUT2D eigenvalue weighted by Gasteiger charge is 2.54. The lowest BCUT2D eigenvalue weighted by atomic mass is 9.70. The lowest BCUT2D eigenvalue weighted by Crippen LogP contribution is -2.26. The molecule has 1 heterocycles. The van der Waals surface area contributed by atoms with Gasteiger partial charge in [0, 0.05) is 16.3 Å². The summed E-state index contributed by atoms with van der Waals surface area (Å²) >= 11 is 0. The first-order valence-electron chi connectivity index (χ1n) is 19.7. The Morgan fingerprint density at radius 3 is 2.11 bits per heavy atom. The van der Waals surface area contributed by atoms with Gasteiger partial charge < -0.3 is 9.73 Å². The van der Waals surface area contributed by atoms with Crippen LogP contribution in [0.15, 0.2) is 199 Å². The van der Waals surface area contributed by atoms with E-state index in [0.717, 1.165) is 74.0 Å². The Morgan fingerprint density at radius 1 is 0.649 bits per heavy atom. The summed E-state index contributed by atoms with van der Waals surface area (Å²) < 4.78 is 23.9. The maximum atomic E-state index is 15.5. The van der Waals surface area contributed by atoms with Crippen molar-refractivity contribution in [3.8, 4) is 11.1 Å². The molecule has 4 nitrogen and oxygen atoms in total. The highest BCUT2D eigenvalue weighted by atomic mass is 31.1. The number of benzene rings is 7. The summed E-state index contributed by atoms with van der Waals surface area (Å²) in [5.41, 5.74) is 14.3. The van der Waals surface area contributed by atoms with Gasteiger partial charge >= 0.3 is 0 Å². The van der Waals surface area contributed by atoms with Crippen LogP contribution in [0.1, 0.15) is 42.0 Å². The molecule has 57 heavy (non-hydrogen) atoms. The molecular weight excluding hydrogens is 716 g/mol. The first-order valence-corrected chi connectivity index (χ1v) is 21.0. The van der Waals surface area contributed by atoms with Crippen LogP contribution in [0, 0.1) is 0 Å². The second-order valence-corrected chi connectivity index (χ2v) is 16.3. The lowest BCUT2D eigenvalue weighted by molar-refractivity contribution is 0.593. The van der Waals surface area contributed by atoms with Crippen LogP contribution < -0.4 is 15.3 Å². The average Bonchev–Trinajstić information content (AvgIpc) is 3.88. The van der Waals surface area contributed by atoms with Crippen LogP contribution in [-0.2, 0) is 9.98 Å². The molecule has 0 saturated heterocycles. The van der Waals surface area contributed by atoms with E-state index in [2.05, 4.69) is 127 Å². The molecule has 2 aliphatic rings. The molecule has 1 aromatic heterocycles. The number of allylic oxidation sites excluding steroid dienone is 5. The minimum Gasteiger partial charge on any atom is -0.456 e. The van der Waals surface area contributed by atoms with Crippen LogP contribution in [0.3, 0.4) is 0 Å². The van der Waals surface area contributed by atoms with Gasteiger partial charge in [-0.25, -0.2) is 0 Å². The Hall–Kier alpha value is -6.61. The van der Waals surface area contributed by atoms with E-state index in [1.165, 1.54) is 33.4 Å². The summed E-state index contributed by atoms with van der Waals surface area (Å²) in [6.45, 7) is 6.28. The molecule has 1 spiro atoms. The Balaban J connectivity index is 1.24. The molecule has 7 aromatic carbocycles. The average molecular weight is 757 g/mol. The maximum Gasteiger partial charge on any atom is 0.194 e. The number of rotatable bonds is 9. The third-order valence-corrected chi connectivity index (χ3v) is 13.3. The van der Waals surface area contributed by atoms with Gasteiger partial charge in [0.25, 0.3) is 0 Å². The lowest BCUT2D eigenvalue weighted by Gasteiger charge is -2.32. The normalized spacial score (nSPS) is 17.2. The van der Waals surface area contributed by atoms with Crippen molar-refractivity contribution in [3.05, 3.63) is 216 Å². The first-order chi connectivity index (χ1) is 28.1. The minimum atomic E-state index is -2.66. The summed E-state index contributed by atoms with van der Waals surface area (Å²) in [5, 5.41) is 6.64. The van der Waals surface area contributed by atoms with E-state index in [-0.39, 0.29) is 0 Å². The van der Waals surface area contributed by atoms with Crippen molar-refractivity contribution in [1.29, 1.82) is 0 Å². The van der Waals surface area contributed by atoms with Crippen molar-refractivity contribution < 1.29 is 8.98 Å². The number of hydrogen-bond acceptors (Lipinski definition) is 3. The number of hydrogen-bond donors (Lipinski definition) is 1. The number of nitrogens with one attached hydrogen (secondary N) is 1. The van der Waals surface area contributed by atoms with E-state index in [4.69, 9.17) is 4.42 Å². The number of furan rings is 1. The fraction of sp³-hybridized carbons (Fsp3) is 0.0769. The molecule has 2 unspecified atom stereocenters. The van der Waals surface area contributed by atoms with Gasteiger partial charge in [-0.15, -0.1) is 6.58 Å². The smallest absolute Gasteiger partial charge is 0.194 e. The molecule has 0 radical (unpaired) electrons. The van der Waals surface area contributed by atoms with Crippen molar-refractivity contribution in [3.63, 3.8) is 0 Å². The third kappa shape index (κ3) is 5.32. The van der Waals surface area contributed by atoms with Crippen molar-refractivity contribution in [2.45, 2.75) is 25.2 Å². The molecule has 0 saturated carbocycles. The van der Waals surface area contributed by atoms with Crippen LogP contribution >= 0.6 is 7.95 Å². The Labute approximate surface area is 334 Å². The van der Waals surface area contributed by atoms with E-state index < -0.39 is 13.4 Å². The summed E-state index contributed by atoms with van der Waals surface area (Å²) in [6.07, 6.45) is 8.38. The molecule has 0 amide bonds. The van der Waals surface area contributed by atoms with Crippen molar-refractivity contribution in [2.75, 3.05) is 9.99 Å². The topological polar surface area (TPSA) is 45.5 Å². The fourth-order valence-corrected chi connectivity index (χ4v) is 10.9. The molecule has 0 fully saturated rings. The zero-order valence-corrected chi connectivity index (χ0v) is 32.7. The SMILES string of the molecule is C=CC/C=C1\C(=C/CC)C2(c3ccccc31)c1ccccc1-c1c(N(c3ccccc3Nc3cccc4oc5ccccc5c34)[PH](=O)c3ccccc3)cccc12. The molecule has 8 aromatic rings. The quantitative estimate of drug-likeness (QED) is 0.118. The molecule has 10 rings (SSSR count). The number of nitrogens with zero attached hydrogens (tertiary/aromatic N) is 1. The van der Waals surface area contributed by atoms with E-state index in [1.807, 2.05) is 78.9 Å². The number of anilines is 4. The minimum absolute atomic E-state index is 0.550. The maximum absolute atomic E-state index is 15.5. The fourth-order valence-electron chi connectivity index (χ4n) is 9.36. The van der Waals surface area contributed by atoms with Gasteiger partial charge in [0.1, 0.15) is 11.2 Å². The zero-order valence-electron chi connectivity index (χ0n) is 31.7. The van der Waals surface area contributed by atoms with Gasteiger partial charge in [-0.1, -0.05) is 140 Å². The summed E-state index contributed by atoms with van der Waals surface area (Å²) in [6, 6.07) is 56.7. The largest absolute Gasteiger partial charge is 0.456 e. The molecule has 5 heteroatoms. The summed E-state index contributed by atoms with van der Waals surface area (Å²) in [5.74, 6) is 0. The molecule has 2 aliphatic carbocycles. The number of para-hydroxylation sites is 3. The van der Waals surface area contributed by atoms with Crippen LogP contribution in [0.25, 0.3) is 38.6 Å². The zero-order chi connectivity index (χ0) is 38.5. The summed E-state index contributed by atoms with van der Waals surface area (Å²) in [7, 11) is -2.66. The van der Waals surface area contributed by atoms with Crippen molar-refractivity contribution in [2.24, 2.45) is 0 Å². The van der Waals surface area contributed by atoms with Crippen LogP contribution in [-0.4, -0.2) is 0 Å². The van der Waals surface area contributed by atoms with Gasteiger partial charge in [-0.2, -0.15) is 0 Å². The van der Waals surface area contributed by atoms with Crippen LogP contribution in [0.4, 0.5) is 22.7 Å². The monoisotopic (exact) mass is 756 g/mol. The standard InChI is InChI=1S/C52H41N2O2P/c1-3-5-22-36-37-23-9-12-26-41(37)52(40(36)19-4-2)42-27-13-10-24-38(42)50-43(52)28-17-32-47(50)54(57(55)35-20-7-6-8-21-35)46-31-15-14-29-44(46)53-45-30-18-34-49-51(45)39-25-11-16-33-48(39)56-49/h3,6-34,53,57H,1,4-5H2,2H3/b36-22-,40-19+. The highest BCUT2D eigenvalue weighted by molar-refractivity contribution is 7.55. The van der Waals surface area contributed by atoms with E-state index in [9.17, 15) is 0 Å². The molecule has 2 atom stereocenters. The Bertz CT molecular complexity index is 2960. The molecular formula is C52H41N2O2P. The van der Waals surface area contributed by atoms with Gasteiger partial charge in [0.05, 0.1) is 33.6 Å². The molecule has 276 valence electrons. The van der Waals surface area contributed by atoms with Gasteiger partial charge in [-0.3, -0.25) is 9.24 Å². The Morgan fingerprint density at radius 2 is 1.28 bits per heavy atom. The first kappa shape index (κ1) is 34.8. The molecule has 0 aliphatic heterocycles. The van der Waals surface area contributed by atoms with E-state index >= 15 is 4.57 Å². The van der Waals surface area contributed by atoms with Gasteiger partial charge in [0.15, 0.2) is 7.95 Å². The van der Waals surface area contributed by atoms with Gasteiger partial charge in [-0.05, 0) is 100 Å². The summed E-state index contributed by atoms with van der Waals surface area (Å²) in [4.78, 5) is 0. The second-order valence-electron chi connectivity index (χ2n) is 14.6.